The number of fused-ring (bicyclic) bond motifs is 1. The summed E-state index contributed by atoms with van der Waals surface area (Å²) in [7, 11) is 1.40. The Kier molecular flexibility index (Phi) is 4.81. The van der Waals surface area contributed by atoms with E-state index in [0.29, 0.717) is 10.6 Å². The number of esters is 1. The van der Waals surface area contributed by atoms with Crippen LogP contribution in [-0.4, -0.2) is 30.5 Å². The molecule has 2 aromatic rings. The molecular formula is C18H21ClN2O3. The highest BCUT2D eigenvalue weighted by Gasteiger charge is 2.40. The molecule has 128 valence electrons. The predicted octanol–water partition coefficient (Wildman–Crippen LogP) is 3.67. The smallest absolute Gasteiger partial charge is 0.313 e. The summed E-state index contributed by atoms with van der Waals surface area (Å²) in [5, 5.41) is 4.12. The van der Waals surface area contributed by atoms with Gasteiger partial charge in [-0.2, -0.15) is 0 Å². The van der Waals surface area contributed by atoms with Crippen LogP contribution in [0.2, 0.25) is 5.02 Å². The molecule has 1 aromatic heterocycles. The van der Waals surface area contributed by atoms with Gasteiger partial charge in [0.15, 0.2) is 0 Å². The third-order valence-corrected chi connectivity index (χ3v) is 5.34. The maximum atomic E-state index is 12.6. The molecule has 0 aliphatic heterocycles. The first-order valence-electron chi connectivity index (χ1n) is 8.20. The van der Waals surface area contributed by atoms with Gasteiger partial charge in [-0.25, -0.2) is 0 Å². The van der Waals surface area contributed by atoms with Crippen LogP contribution in [0.4, 0.5) is 0 Å². The maximum absolute atomic E-state index is 12.6. The van der Waals surface area contributed by atoms with Gasteiger partial charge in [-0.1, -0.05) is 30.9 Å². The van der Waals surface area contributed by atoms with Gasteiger partial charge in [-0.15, -0.1) is 0 Å². The summed E-state index contributed by atoms with van der Waals surface area (Å²) in [6.07, 6.45) is 6.33. The normalized spacial score (nSPS) is 16.8. The minimum Gasteiger partial charge on any atom is -0.469 e. The van der Waals surface area contributed by atoms with Crippen LogP contribution in [0, 0.1) is 5.41 Å². The van der Waals surface area contributed by atoms with Crippen molar-refractivity contribution in [2.75, 3.05) is 13.7 Å². The van der Waals surface area contributed by atoms with Crippen molar-refractivity contribution in [2.24, 2.45) is 5.41 Å². The molecule has 0 radical (unpaired) electrons. The number of nitrogens with one attached hydrogen (secondary N) is 2. The van der Waals surface area contributed by atoms with Gasteiger partial charge in [0, 0.05) is 23.6 Å². The fraction of sp³-hybridized carbons (Fsp3) is 0.444. The van der Waals surface area contributed by atoms with Crippen molar-refractivity contribution in [3.63, 3.8) is 0 Å². The maximum Gasteiger partial charge on any atom is 0.313 e. The highest BCUT2D eigenvalue weighted by Crippen LogP contribution is 2.37. The number of hydrogen-bond acceptors (Lipinski definition) is 3. The van der Waals surface area contributed by atoms with E-state index in [0.717, 1.165) is 43.0 Å². The van der Waals surface area contributed by atoms with E-state index in [2.05, 4.69) is 10.3 Å². The van der Waals surface area contributed by atoms with Crippen LogP contribution < -0.4 is 5.32 Å². The van der Waals surface area contributed by atoms with Gasteiger partial charge in [-0.3, -0.25) is 9.59 Å². The van der Waals surface area contributed by atoms with Crippen molar-refractivity contribution in [2.45, 2.75) is 32.1 Å². The lowest BCUT2D eigenvalue weighted by Crippen LogP contribution is -2.45. The first-order valence-corrected chi connectivity index (χ1v) is 8.57. The van der Waals surface area contributed by atoms with Crippen LogP contribution in [0.1, 0.15) is 42.5 Å². The van der Waals surface area contributed by atoms with Crippen molar-refractivity contribution < 1.29 is 14.3 Å². The van der Waals surface area contributed by atoms with Gasteiger partial charge < -0.3 is 15.0 Å². The number of carbonyl (C=O) groups excluding carboxylic acids is 2. The lowest BCUT2D eigenvalue weighted by atomic mass is 9.74. The number of H-pyrrole nitrogens is 1. The van der Waals surface area contributed by atoms with Crippen LogP contribution in [0.5, 0.6) is 0 Å². The molecule has 0 bridgehead atoms. The van der Waals surface area contributed by atoms with E-state index in [9.17, 15) is 9.59 Å². The summed E-state index contributed by atoms with van der Waals surface area (Å²) >= 11 is 6.35. The molecule has 1 aliphatic rings. The van der Waals surface area contributed by atoms with E-state index in [1.807, 2.05) is 12.1 Å². The minimum absolute atomic E-state index is 0.241. The second kappa shape index (κ2) is 6.85. The van der Waals surface area contributed by atoms with Crippen LogP contribution in [0.15, 0.2) is 24.4 Å². The third kappa shape index (κ3) is 3.00. The van der Waals surface area contributed by atoms with Crippen molar-refractivity contribution >= 4 is 34.4 Å². The number of halogens is 1. The zero-order valence-electron chi connectivity index (χ0n) is 13.7. The Balaban J connectivity index is 1.77. The first kappa shape index (κ1) is 16.8. The molecule has 3 rings (SSSR count). The van der Waals surface area contributed by atoms with Crippen LogP contribution >= 0.6 is 11.6 Å². The van der Waals surface area contributed by atoms with Gasteiger partial charge in [0.05, 0.1) is 23.1 Å². The lowest BCUT2D eigenvalue weighted by molar-refractivity contribution is -0.154. The average molecular weight is 349 g/mol. The molecule has 0 atom stereocenters. The number of methoxy groups -OCH3 is 1. The Morgan fingerprint density at radius 2 is 2.00 bits per heavy atom. The molecule has 0 saturated heterocycles. The number of carbonyl (C=O) groups is 2. The largest absolute Gasteiger partial charge is 0.469 e. The van der Waals surface area contributed by atoms with E-state index in [4.69, 9.17) is 16.3 Å². The zero-order valence-corrected chi connectivity index (χ0v) is 14.4. The second-order valence-electron chi connectivity index (χ2n) is 6.38. The van der Waals surface area contributed by atoms with E-state index in [1.54, 1.807) is 12.3 Å². The van der Waals surface area contributed by atoms with E-state index in [-0.39, 0.29) is 18.4 Å². The van der Waals surface area contributed by atoms with Crippen LogP contribution in [-0.2, 0) is 9.53 Å². The van der Waals surface area contributed by atoms with Gasteiger partial charge in [0.1, 0.15) is 0 Å². The highest BCUT2D eigenvalue weighted by atomic mass is 35.5. The van der Waals surface area contributed by atoms with Gasteiger partial charge >= 0.3 is 5.97 Å². The number of rotatable bonds is 4. The van der Waals surface area contributed by atoms with Crippen molar-refractivity contribution in [3.05, 3.63) is 35.0 Å². The molecule has 2 N–H and O–H groups in total. The SMILES string of the molecule is COC(=O)C1(CNC(=O)c2ccc3[nH]ccc3c2Cl)CCCCC1. The Morgan fingerprint density at radius 3 is 2.71 bits per heavy atom. The molecule has 24 heavy (non-hydrogen) atoms. The summed E-state index contributed by atoms with van der Waals surface area (Å²) in [5.41, 5.74) is 0.683. The van der Waals surface area contributed by atoms with E-state index in [1.165, 1.54) is 7.11 Å². The minimum atomic E-state index is -0.618. The Bertz CT molecular complexity index is 763. The molecular weight excluding hydrogens is 328 g/mol. The number of hydrogen-bond donors (Lipinski definition) is 2. The average Bonchev–Trinajstić information content (AvgIpc) is 3.10. The summed E-state index contributed by atoms with van der Waals surface area (Å²) in [5.74, 6) is -0.508. The van der Waals surface area contributed by atoms with Crippen molar-refractivity contribution in [1.82, 2.24) is 10.3 Å². The van der Waals surface area contributed by atoms with Crippen LogP contribution in [0.3, 0.4) is 0 Å². The predicted molar refractivity (Wildman–Crippen MR) is 93.2 cm³/mol. The van der Waals surface area contributed by atoms with Crippen LogP contribution in [0.25, 0.3) is 10.9 Å². The first-order chi connectivity index (χ1) is 11.6. The summed E-state index contributed by atoms with van der Waals surface area (Å²) in [4.78, 5) is 27.9. The molecule has 1 aromatic carbocycles. The van der Waals surface area contributed by atoms with Gasteiger partial charge in [0.2, 0.25) is 0 Å². The number of benzene rings is 1. The molecule has 1 amide bonds. The molecule has 1 fully saturated rings. The Hall–Kier alpha value is -2.01. The Labute approximate surface area is 145 Å². The third-order valence-electron chi connectivity index (χ3n) is 4.93. The molecule has 0 unspecified atom stereocenters. The number of amides is 1. The number of aromatic nitrogens is 1. The zero-order chi connectivity index (χ0) is 17.2. The van der Waals surface area contributed by atoms with Gasteiger partial charge in [0.25, 0.3) is 5.91 Å². The van der Waals surface area contributed by atoms with E-state index >= 15 is 0 Å². The lowest BCUT2D eigenvalue weighted by Gasteiger charge is -2.34. The second-order valence-corrected chi connectivity index (χ2v) is 6.76. The summed E-state index contributed by atoms with van der Waals surface area (Å²) in [6, 6.07) is 5.36. The fourth-order valence-electron chi connectivity index (χ4n) is 3.51. The molecule has 1 heterocycles. The Morgan fingerprint density at radius 1 is 1.25 bits per heavy atom. The standard InChI is InChI=1S/C18H21ClN2O3/c1-24-17(23)18(8-3-2-4-9-18)11-21-16(22)13-5-6-14-12(15(13)19)7-10-20-14/h5-7,10,20H,2-4,8-9,11H2,1H3,(H,21,22). The van der Waals surface area contributed by atoms with Crippen molar-refractivity contribution in [3.8, 4) is 0 Å². The highest BCUT2D eigenvalue weighted by molar-refractivity contribution is 6.38. The summed E-state index contributed by atoms with van der Waals surface area (Å²) in [6.45, 7) is 0.278. The number of ether oxygens (including phenoxy) is 1. The molecule has 1 saturated carbocycles. The molecule has 5 nitrogen and oxygen atoms in total. The monoisotopic (exact) mass is 348 g/mol. The fourth-order valence-corrected chi connectivity index (χ4v) is 3.83. The molecule has 1 aliphatic carbocycles. The van der Waals surface area contributed by atoms with Gasteiger partial charge in [-0.05, 0) is 31.0 Å². The topological polar surface area (TPSA) is 71.2 Å². The quantitative estimate of drug-likeness (QED) is 0.828. The van der Waals surface area contributed by atoms with E-state index < -0.39 is 5.41 Å². The summed E-state index contributed by atoms with van der Waals surface area (Å²) < 4.78 is 4.98. The van der Waals surface area contributed by atoms with Crippen molar-refractivity contribution in [1.29, 1.82) is 0 Å². The molecule has 0 spiro atoms. The molecule has 6 heteroatoms. The number of aromatic amines is 1.